The minimum Gasteiger partial charge on any atom is -0.357 e. The summed E-state index contributed by atoms with van der Waals surface area (Å²) in [5, 5.41) is 15.1. The highest BCUT2D eigenvalue weighted by Crippen LogP contribution is 2.41. The van der Waals surface area contributed by atoms with Crippen molar-refractivity contribution in [3.63, 3.8) is 0 Å². The number of hydrogen-bond donors (Lipinski definition) is 1. The van der Waals surface area contributed by atoms with Crippen molar-refractivity contribution in [3.05, 3.63) is 33.4 Å². The number of nitrogens with one attached hydrogen (secondary N) is 1. The molecule has 164 valence electrons. The van der Waals surface area contributed by atoms with Gasteiger partial charge in [-0.25, -0.2) is 4.68 Å². The van der Waals surface area contributed by atoms with Crippen molar-refractivity contribution in [1.29, 1.82) is 5.26 Å². The molecule has 2 aromatic rings. The van der Waals surface area contributed by atoms with Crippen LogP contribution in [-0.4, -0.2) is 37.4 Å². The third-order valence-electron chi connectivity index (χ3n) is 3.59. The van der Waals surface area contributed by atoms with Gasteiger partial charge in [-0.05, 0) is 12.1 Å². The molecular weight excluding hydrogens is 535 g/mol. The van der Waals surface area contributed by atoms with Gasteiger partial charge in [-0.15, -0.1) is 0 Å². The Morgan fingerprint density at radius 3 is 2.17 bits per heavy atom. The quantitative estimate of drug-likeness (QED) is 0.394. The van der Waals surface area contributed by atoms with E-state index in [0.717, 1.165) is 4.68 Å². The number of methoxy groups -OCH3 is 1. The second kappa shape index (κ2) is 9.28. The number of hydrogen-bond acceptors (Lipinski definition) is 5. The van der Waals surface area contributed by atoms with Gasteiger partial charge in [0.15, 0.2) is 11.9 Å². The molecule has 0 amide bonds. The molecule has 6 nitrogen and oxygen atoms in total. The molecule has 0 spiro atoms. The fourth-order valence-electron chi connectivity index (χ4n) is 2.37. The third-order valence-corrected chi connectivity index (χ3v) is 5.72. The van der Waals surface area contributed by atoms with Crippen LogP contribution in [-0.2, 0) is 21.7 Å². The molecule has 0 bridgehead atoms. The summed E-state index contributed by atoms with van der Waals surface area (Å²) in [6, 6.07) is 3.00. The Balaban J connectivity index is 2.82. The lowest BCUT2D eigenvalue weighted by Crippen LogP contribution is -2.36. The van der Waals surface area contributed by atoms with Crippen LogP contribution in [0.1, 0.15) is 11.3 Å². The second-order valence-electron chi connectivity index (χ2n) is 5.59. The maximum Gasteiger partial charge on any atom is 0.416 e. The molecule has 1 N–H and O–H groups in total. The van der Waals surface area contributed by atoms with Crippen LogP contribution in [0.2, 0.25) is 10.0 Å². The number of anilines is 1. The lowest BCUT2D eigenvalue weighted by atomic mass is 10.2. The molecule has 0 aliphatic heterocycles. The summed E-state index contributed by atoms with van der Waals surface area (Å²) in [4.78, 5) is -0.124. The zero-order valence-corrected chi connectivity index (χ0v) is 19.4. The Morgan fingerprint density at radius 2 is 1.80 bits per heavy atom. The fourth-order valence-corrected chi connectivity index (χ4v) is 4.22. The summed E-state index contributed by atoms with van der Waals surface area (Å²) in [5.74, 6) is -0.172. The molecule has 0 aliphatic rings. The van der Waals surface area contributed by atoms with E-state index in [1.165, 1.54) is 13.4 Å². The number of nitriles is 1. The van der Waals surface area contributed by atoms with Crippen molar-refractivity contribution in [2.24, 2.45) is 0 Å². The highest BCUT2D eigenvalue weighted by atomic mass is 35.6. The van der Waals surface area contributed by atoms with Gasteiger partial charge in [0, 0.05) is 13.4 Å². The SMILES string of the molecule is COC(Nc1c(S(C)=O)c(C#N)nn1-c1c(Cl)cc(C(F)(F)F)cc1Cl)C(Cl)(Cl)Cl. The largest absolute Gasteiger partial charge is 0.416 e. The van der Waals surface area contributed by atoms with Gasteiger partial charge in [0.2, 0.25) is 3.79 Å². The van der Waals surface area contributed by atoms with Crippen LogP contribution in [0.4, 0.5) is 19.0 Å². The molecule has 2 rings (SSSR count). The highest BCUT2D eigenvalue weighted by Gasteiger charge is 2.37. The number of aromatic nitrogens is 2. The lowest BCUT2D eigenvalue weighted by Gasteiger charge is -2.26. The molecule has 0 saturated carbocycles. The minimum atomic E-state index is -4.71. The van der Waals surface area contributed by atoms with Gasteiger partial charge in [0.25, 0.3) is 0 Å². The van der Waals surface area contributed by atoms with E-state index in [-0.39, 0.29) is 22.1 Å². The maximum atomic E-state index is 13.0. The highest BCUT2D eigenvalue weighted by molar-refractivity contribution is 7.84. The molecule has 1 aromatic heterocycles. The van der Waals surface area contributed by atoms with Gasteiger partial charge in [-0.2, -0.15) is 23.5 Å². The van der Waals surface area contributed by atoms with Crippen LogP contribution in [0.5, 0.6) is 0 Å². The number of halogens is 8. The van der Waals surface area contributed by atoms with E-state index in [1.54, 1.807) is 6.07 Å². The molecule has 30 heavy (non-hydrogen) atoms. The summed E-state index contributed by atoms with van der Waals surface area (Å²) in [7, 11) is -0.601. The first-order valence-corrected chi connectivity index (χ1v) is 11.0. The Bertz CT molecular complexity index is 1010. The van der Waals surface area contributed by atoms with Crippen LogP contribution in [0, 0.1) is 11.3 Å². The first-order valence-electron chi connectivity index (χ1n) is 7.51. The van der Waals surface area contributed by atoms with Crippen LogP contribution in [0.3, 0.4) is 0 Å². The second-order valence-corrected chi connectivity index (χ2v) is 10.1. The molecule has 0 aliphatic carbocycles. The summed E-state index contributed by atoms with van der Waals surface area (Å²) in [6.45, 7) is 0. The van der Waals surface area contributed by atoms with Gasteiger partial charge in [0.05, 0.1) is 26.4 Å². The van der Waals surface area contributed by atoms with Gasteiger partial charge in [-0.1, -0.05) is 58.0 Å². The molecule has 15 heteroatoms. The first-order chi connectivity index (χ1) is 13.7. The first kappa shape index (κ1) is 25.3. The van der Waals surface area contributed by atoms with Crippen LogP contribution < -0.4 is 5.32 Å². The Kier molecular flexibility index (Phi) is 7.84. The van der Waals surface area contributed by atoms with Gasteiger partial charge >= 0.3 is 6.18 Å². The van der Waals surface area contributed by atoms with Gasteiger partial charge in [0.1, 0.15) is 22.5 Å². The Hall–Kier alpha value is -0.930. The predicted molar refractivity (Wildman–Crippen MR) is 110 cm³/mol. The van der Waals surface area contributed by atoms with Crippen molar-refractivity contribution in [3.8, 4) is 11.8 Å². The van der Waals surface area contributed by atoms with Crippen molar-refractivity contribution in [1.82, 2.24) is 9.78 Å². The number of ether oxygens (including phenoxy) is 1. The van der Waals surface area contributed by atoms with Crippen molar-refractivity contribution in [2.45, 2.75) is 21.1 Å². The van der Waals surface area contributed by atoms with Crippen LogP contribution in [0.25, 0.3) is 5.69 Å². The van der Waals surface area contributed by atoms with Crippen LogP contribution >= 0.6 is 58.0 Å². The number of benzene rings is 1. The molecular formula is C15H10Cl5F3N4O2S. The molecule has 1 aromatic carbocycles. The van der Waals surface area contributed by atoms with E-state index in [9.17, 15) is 22.6 Å². The monoisotopic (exact) mass is 542 g/mol. The smallest absolute Gasteiger partial charge is 0.357 e. The van der Waals surface area contributed by atoms with E-state index < -0.39 is 42.6 Å². The van der Waals surface area contributed by atoms with Crippen molar-refractivity contribution < 1.29 is 22.1 Å². The summed E-state index contributed by atoms with van der Waals surface area (Å²) < 4.78 is 55.3. The minimum absolute atomic E-state index is 0.124. The van der Waals surface area contributed by atoms with Crippen molar-refractivity contribution in [2.75, 3.05) is 18.7 Å². The Labute approximate surface area is 196 Å². The summed E-state index contributed by atoms with van der Waals surface area (Å²) in [5.41, 5.74) is -1.63. The van der Waals surface area contributed by atoms with E-state index in [0.29, 0.717) is 12.1 Å². The molecule has 0 fully saturated rings. The van der Waals surface area contributed by atoms with E-state index in [1.807, 2.05) is 0 Å². The number of alkyl halides is 6. The van der Waals surface area contributed by atoms with E-state index in [2.05, 4.69) is 10.4 Å². The number of rotatable bonds is 5. The Morgan fingerprint density at radius 1 is 1.27 bits per heavy atom. The molecule has 2 unspecified atom stereocenters. The van der Waals surface area contributed by atoms with Gasteiger partial charge in [-0.3, -0.25) is 4.21 Å². The standard InChI is InChI=1S/C15H10Cl5F3N4O2S/c1-29-13(14(18,19)20)25-12-11(30(2)28)9(5-24)26-27(12)10-7(16)3-6(4-8(10)17)15(21,22)23/h3-4,13,25H,1-2H3. The van der Waals surface area contributed by atoms with E-state index >= 15 is 0 Å². The molecule has 2 atom stereocenters. The molecule has 0 radical (unpaired) electrons. The van der Waals surface area contributed by atoms with Crippen LogP contribution in [0.15, 0.2) is 17.0 Å². The lowest BCUT2D eigenvalue weighted by molar-refractivity contribution is -0.137. The maximum absolute atomic E-state index is 13.0. The number of nitrogens with zero attached hydrogens (tertiary/aromatic N) is 3. The zero-order valence-electron chi connectivity index (χ0n) is 14.8. The zero-order chi connectivity index (χ0) is 23.0. The average Bonchev–Trinajstić information content (AvgIpc) is 2.95. The normalized spacial score (nSPS) is 14.3. The van der Waals surface area contributed by atoms with E-state index in [4.69, 9.17) is 62.7 Å². The predicted octanol–water partition coefficient (Wildman–Crippen LogP) is 5.56. The summed E-state index contributed by atoms with van der Waals surface area (Å²) >= 11 is 29.6. The van der Waals surface area contributed by atoms with Crippen molar-refractivity contribution >= 4 is 74.6 Å². The van der Waals surface area contributed by atoms with Gasteiger partial charge < -0.3 is 10.1 Å². The third kappa shape index (κ3) is 5.27. The molecule has 1 heterocycles. The molecule has 0 saturated heterocycles. The summed E-state index contributed by atoms with van der Waals surface area (Å²) in [6.07, 6.45) is -4.79. The fraction of sp³-hybridized carbons (Fsp3) is 0.333. The average molecular weight is 545 g/mol. The topological polar surface area (TPSA) is 79.9 Å².